The van der Waals surface area contributed by atoms with Crippen LogP contribution in [0.3, 0.4) is 0 Å². The number of ether oxygens (including phenoxy) is 2. The van der Waals surface area contributed by atoms with Crippen LogP contribution in [0.25, 0.3) is 0 Å². The molecule has 2 aromatic heterocycles. The summed E-state index contributed by atoms with van der Waals surface area (Å²) in [5, 5.41) is 11.7. The quantitative estimate of drug-likeness (QED) is 0.587. The Hall–Kier alpha value is -3.82. The van der Waals surface area contributed by atoms with Gasteiger partial charge < -0.3 is 28.6 Å². The fourth-order valence-corrected chi connectivity index (χ4v) is 5.07. The van der Waals surface area contributed by atoms with Crippen molar-refractivity contribution in [2.45, 2.75) is 19.8 Å². The van der Waals surface area contributed by atoms with Gasteiger partial charge in [0.05, 0.1) is 25.4 Å². The smallest absolute Gasteiger partial charge is 0.414 e. The molecule has 5 rings (SSSR count). The molecule has 208 valence electrons. The topological polar surface area (TPSA) is 127 Å². The molecule has 12 nitrogen and oxygen atoms in total. The standard InChI is InChI=1S/C27H35N7O5/c1-20-6-8-34(9-7-20)26-22(29-27(36)39-25-5-2-21(18-28)38-25)3-4-23(30-26)32-12-10-31(11-13-32)19-24(35)33-14-16-37-17-15-33/h2-5,20H,6-17,19H2,1H3,(H,29,36). The predicted molar refractivity (Wildman–Crippen MR) is 144 cm³/mol. The Morgan fingerprint density at radius 1 is 1.03 bits per heavy atom. The Bertz CT molecular complexity index is 1190. The van der Waals surface area contributed by atoms with Gasteiger partial charge in [-0.1, -0.05) is 6.92 Å². The number of nitriles is 1. The highest BCUT2D eigenvalue weighted by Gasteiger charge is 2.26. The molecule has 3 aliphatic heterocycles. The molecule has 39 heavy (non-hydrogen) atoms. The third-order valence-electron chi connectivity index (χ3n) is 7.48. The fraction of sp³-hybridized carbons (Fsp3) is 0.556. The minimum Gasteiger partial charge on any atom is -0.414 e. The van der Waals surface area contributed by atoms with Crippen LogP contribution in [0.1, 0.15) is 25.5 Å². The van der Waals surface area contributed by atoms with Crippen molar-refractivity contribution in [2.24, 2.45) is 5.92 Å². The Balaban J connectivity index is 1.24. The maximum Gasteiger partial charge on any atom is 0.419 e. The van der Waals surface area contributed by atoms with Gasteiger partial charge >= 0.3 is 6.09 Å². The molecule has 0 bridgehead atoms. The summed E-state index contributed by atoms with van der Waals surface area (Å²) in [6, 6.07) is 8.50. The van der Waals surface area contributed by atoms with Crippen molar-refractivity contribution in [1.82, 2.24) is 14.8 Å². The highest BCUT2D eigenvalue weighted by molar-refractivity contribution is 5.90. The maximum atomic E-state index is 12.7. The van der Waals surface area contributed by atoms with Crippen molar-refractivity contribution >= 4 is 29.3 Å². The molecule has 0 radical (unpaired) electrons. The number of furan rings is 1. The van der Waals surface area contributed by atoms with Gasteiger partial charge in [-0.05, 0) is 37.0 Å². The number of carbonyl (C=O) groups excluding carboxylic acids is 2. The number of morpholine rings is 1. The lowest BCUT2D eigenvalue weighted by molar-refractivity contribution is -0.136. The first-order valence-electron chi connectivity index (χ1n) is 13.6. The van der Waals surface area contributed by atoms with E-state index in [0.717, 1.165) is 57.9 Å². The van der Waals surface area contributed by atoms with Gasteiger partial charge in [0.2, 0.25) is 11.7 Å². The second-order valence-corrected chi connectivity index (χ2v) is 10.2. The first-order valence-corrected chi connectivity index (χ1v) is 13.6. The second kappa shape index (κ2) is 12.4. The zero-order chi connectivity index (χ0) is 27.2. The number of rotatable bonds is 6. The molecule has 0 unspecified atom stereocenters. The fourth-order valence-electron chi connectivity index (χ4n) is 5.07. The van der Waals surface area contributed by atoms with E-state index >= 15 is 0 Å². The van der Waals surface area contributed by atoms with E-state index in [1.165, 1.54) is 12.1 Å². The van der Waals surface area contributed by atoms with E-state index in [2.05, 4.69) is 26.9 Å². The molecule has 5 heterocycles. The summed E-state index contributed by atoms with van der Waals surface area (Å²) in [4.78, 5) is 38.8. The molecule has 3 aliphatic rings. The minimum atomic E-state index is -0.714. The van der Waals surface area contributed by atoms with Crippen LogP contribution in [-0.4, -0.2) is 98.9 Å². The molecular formula is C27H35N7O5. The first-order chi connectivity index (χ1) is 19.0. The number of aromatic nitrogens is 1. The lowest BCUT2D eigenvalue weighted by atomic mass is 9.99. The number of nitrogens with one attached hydrogen (secondary N) is 1. The monoisotopic (exact) mass is 537 g/mol. The van der Waals surface area contributed by atoms with Crippen molar-refractivity contribution in [3.05, 3.63) is 30.0 Å². The maximum absolute atomic E-state index is 12.7. The van der Waals surface area contributed by atoms with Crippen LogP contribution >= 0.6 is 0 Å². The Morgan fingerprint density at radius 3 is 2.46 bits per heavy atom. The van der Waals surface area contributed by atoms with Gasteiger partial charge in [0, 0.05) is 58.4 Å². The zero-order valence-corrected chi connectivity index (χ0v) is 22.3. The summed E-state index contributed by atoms with van der Waals surface area (Å²) in [6.07, 6.45) is 1.39. The number of pyridine rings is 1. The third-order valence-corrected chi connectivity index (χ3v) is 7.48. The molecule has 3 fully saturated rings. The number of hydrogen-bond acceptors (Lipinski definition) is 10. The Kier molecular flexibility index (Phi) is 8.48. The molecule has 0 aromatic carbocycles. The molecular weight excluding hydrogens is 502 g/mol. The summed E-state index contributed by atoms with van der Waals surface area (Å²) >= 11 is 0. The number of nitrogens with zero attached hydrogens (tertiary/aromatic N) is 6. The summed E-state index contributed by atoms with van der Waals surface area (Å²) in [5.41, 5.74) is 0.556. The van der Waals surface area contributed by atoms with E-state index in [-0.39, 0.29) is 17.6 Å². The number of anilines is 3. The number of amides is 2. The molecule has 12 heteroatoms. The highest BCUT2D eigenvalue weighted by Crippen LogP contribution is 2.31. The van der Waals surface area contributed by atoms with Crippen LogP contribution in [0.2, 0.25) is 0 Å². The number of carbonyl (C=O) groups is 2. The van der Waals surface area contributed by atoms with Gasteiger partial charge in [0.1, 0.15) is 11.9 Å². The summed E-state index contributed by atoms with van der Waals surface area (Å²) < 4.78 is 15.7. The molecule has 1 N–H and O–H groups in total. The molecule has 0 atom stereocenters. The molecule has 2 amide bonds. The van der Waals surface area contributed by atoms with Crippen LogP contribution in [0.15, 0.2) is 28.7 Å². The van der Waals surface area contributed by atoms with Crippen LogP contribution in [0, 0.1) is 17.2 Å². The van der Waals surface area contributed by atoms with Crippen molar-refractivity contribution in [2.75, 3.05) is 87.2 Å². The largest absolute Gasteiger partial charge is 0.419 e. The van der Waals surface area contributed by atoms with E-state index in [1.54, 1.807) is 0 Å². The SMILES string of the molecule is CC1CCN(c2nc(N3CCN(CC(=O)N4CCOCC4)CC3)ccc2NC(=O)Oc2ccc(C#N)o2)CC1. The van der Waals surface area contributed by atoms with Crippen LogP contribution in [0.5, 0.6) is 5.95 Å². The van der Waals surface area contributed by atoms with E-state index in [1.807, 2.05) is 23.1 Å². The zero-order valence-electron chi connectivity index (χ0n) is 22.3. The Morgan fingerprint density at radius 2 is 1.77 bits per heavy atom. The normalized spacial score (nSPS) is 19.0. The van der Waals surface area contributed by atoms with Crippen LogP contribution < -0.4 is 19.9 Å². The second-order valence-electron chi connectivity index (χ2n) is 10.2. The van der Waals surface area contributed by atoms with Crippen molar-refractivity contribution < 1.29 is 23.5 Å². The summed E-state index contributed by atoms with van der Waals surface area (Å²) in [7, 11) is 0. The van der Waals surface area contributed by atoms with E-state index in [0.29, 0.717) is 50.3 Å². The van der Waals surface area contributed by atoms with E-state index in [4.69, 9.17) is 24.1 Å². The van der Waals surface area contributed by atoms with Gasteiger partial charge in [-0.15, -0.1) is 0 Å². The lowest BCUT2D eigenvalue weighted by Gasteiger charge is -2.37. The highest BCUT2D eigenvalue weighted by atomic mass is 16.6. The molecule has 0 spiro atoms. The number of piperazine rings is 1. The average molecular weight is 538 g/mol. The van der Waals surface area contributed by atoms with Crippen molar-refractivity contribution in [3.63, 3.8) is 0 Å². The van der Waals surface area contributed by atoms with Gasteiger partial charge in [0.25, 0.3) is 5.95 Å². The molecule has 0 aliphatic carbocycles. The van der Waals surface area contributed by atoms with Gasteiger partial charge in [-0.25, -0.2) is 9.78 Å². The van der Waals surface area contributed by atoms with Crippen LogP contribution in [-0.2, 0) is 9.53 Å². The molecule has 3 saturated heterocycles. The minimum absolute atomic E-state index is 0.0491. The van der Waals surface area contributed by atoms with Gasteiger partial charge in [-0.3, -0.25) is 15.0 Å². The van der Waals surface area contributed by atoms with Gasteiger partial charge in [0.15, 0.2) is 5.82 Å². The van der Waals surface area contributed by atoms with Crippen molar-refractivity contribution in [1.29, 1.82) is 5.26 Å². The lowest BCUT2D eigenvalue weighted by Crippen LogP contribution is -2.51. The predicted octanol–water partition coefficient (Wildman–Crippen LogP) is 2.37. The molecule has 2 aromatic rings. The van der Waals surface area contributed by atoms with E-state index < -0.39 is 6.09 Å². The Labute approximate surface area is 228 Å². The third kappa shape index (κ3) is 6.79. The summed E-state index contributed by atoms with van der Waals surface area (Å²) in [5.74, 6) is 2.37. The summed E-state index contributed by atoms with van der Waals surface area (Å²) in [6.45, 7) is 9.98. The number of piperidine rings is 1. The first kappa shape index (κ1) is 26.8. The van der Waals surface area contributed by atoms with Crippen LogP contribution in [0.4, 0.5) is 22.1 Å². The van der Waals surface area contributed by atoms with Gasteiger partial charge in [-0.2, -0.15) is 5.26 Å². The number of hydrogen-bond donors (Lipinski definition) is 1. The van der Waals surface area contributed by atoms with Crippen molar-refractivity contribution in [3.8, 4) is 12.0 Å². The molecule has 0 saturated carbocycles. The van der Waals surface area contributed by atoms with E-state index in [9.17, 15) is 9.59 Å². The average Bonchev–Trinajstić information content (AvgIpc) is 3.42.